The van der Waals surface area contributed by atoms with Crippen LogP contribution in [0.2, 0.25) is 0 Å². The van der Waals surface area contributed by atoms with E-state index in [4.69, 9.17) is 0 Å². The number of rotatable bonds is 5. The maximum atomic E-state index is 13.5. The van der Waals surface area contributed by atoms with Crippen LogP contribution in [0.3, 0.4) is 0 Å². The van der Waals surface area contributed by atoms with E-state index in [9.17, 15) is 27.9 Å². The smallest absolute Gasteiger partial charge is 0.417 e. The lowest BCUT2D eigenvalue weighted by Gasteiger charge is -2.60. The first-order valence-electron chi connectivity index (χ1n) is 12.5. The zero-order valence-electron chi connectivity index (χ0n) is 20.2. The van der Waals surface area contributed by atoms with Crippen LogP contribution in [0, 0.1) is 23.2 Å². The summed E-state index contributed by atoms with van der Waals surface area (Å²) in [7, 11) is 1.88. The zero-order valence-corrected chi connectivity index (χ0v) is 20.2. The molecule has 5 fully saturated rings. The van der Waals surface area contributed by atoms with E-state index in [-0.39, 0.29) is 29.8 Å². The Hall–Kier alpha value is -2.36. The summed E-state index contributed by atoms with van der Waals surface area (Å²) in [4.78, 5) is 35.5. The van der Waals surface area contributed by atoms with E-state index in [0.717, 1.165) is 31.5 Å². The number of hydrogen-bond donors (Lipinski definition) is 1. The molecule has 4 aliphatic carbocycles. The van der Waals surface area contributed by atoms with Crippen LogP contribution in [0.5, 0.6) is 0 Å². The van der Waals surface area contributed by atoms with Gasteiger partial charge in [-0.3, -0.25) is 14.5 Å². The molecule has 4 bridgehead atoms. The van der Waals surface area contributed by atoms with E-state index >= 15 is 0 Å². The van der Waals surface area contributed by atoms with Crippen molar-refractivity contribution < 1.29 is 27.9 Å². The molecule has 10 heteroatoms. The number of halogens is 3. The summed E-state index contributed by atoms with van der Waals surface area (Å²) in [5.74, 6) is 0.871. The second kappa shape index (κ2) is 8.64. The average molecular weight is 495 g/mol. The molecule has 1 aliphatic heterocycles. The number of amides is 1. The van der Waals surface area contributed by atoms with Crippen LogP contribution in [0.4, 0.5) is 19.0 Å². The highest BCUT2D eigenvalue weighted by Gasteiger charge is 2.60. The lowest BCUT2D eigenvalue weighted by Crippen LogP contribution is -2.63. The monoisotopic (exact) mass is 494 g/mol. The number of aromatic nitrogens is 1. The van der Waals surface area contributed by atoms with Crippen LogP contribution < -0.4 is 4.90 Å². The molecule has 2 heterocycles. The number of carboxylic acid groups (broad SMARTS) is 1. The third-order valence-corrected chi connectivity index (χ3v) is 9.09. The third kappa shape index (κ3) is 4.27. The number of aliphatic carboxylic acids is 1. The lowest BCUT2D eigenvalue weighted by atomic mass is 9.47. The maximum Gasteiger partial charge on any atom is 0.417 e. The molecule has 35 heavy (non-hydrogen) atoms. The summed E-state index contributed by atoms with van der Waals surface area (Å²) in [6.07, 6.45) is 0.617. The minimum Gasteiger partial charge on any atom is -0.481 e. The Morgan fingerprint density at radius 3 is 2.26 bits per heavy atom. The number of alkyl halides is 3. The van der Waals surface area contributed by atoms with E-state index in [0.29, 0.717) is 50.8 Å². The Balaban J connectivity index is 1.19. The summed E-state index contributed by atoms with van der Waals surface area (Å²) >= 11 is 0. The molecule has 0 radical (unpaired) electrons. The van der Waals surface area contributed by atoms with Gasteiger partial charge in [-0.25, -0.2) is 4.98 Å². The van der Waals surface area contributed by atoms with Crippen LogP contribution in [-0.2, 0) is 15.8 Å². The van der Waals surface area contributed by atoms with E-state index in [1.807, 2.05) is 23.8 Å². The summed E-state index contributed by atoms with van der Waals surface area (Å²) in [6.45, 7) is 4.31. The van der Waals surface area contributed by atoms with Crippen LogP contribution in [0.25, 0.3) is 0 Å². The molecule has 4 saturated carbocycles. The van der Waals surface area contributed by atoms with Gasteiger partial charge in [0.25, 0.3) is 0 Å². The van der Waals surface area contributed by atoms with Crippen LogP contribution >= 0.6 is 0 Å². The first-order chi connectivity index (χ1) is 16.5. The first-order valence-corrected chi connectivity index (χ1v) is 12.5. The number of carbonyl (C=O) groups is 2. The molecule has 1 aromatic rings. The van der Waals surface area contributed by atoms with Crippen molar-refractivity contribution in [1.82, 2.24) is 14.8 Å². The molecule has 0 aromatic carbocycles. The maximum absolute atomic E-state index is 13.5. The number of likely N-dealkylation sites (N-methyl/N-ethyl adjacent to an activating group) is 1. The number of hydrogen-bond acceptors (Lipinski definition) is 5. The van der Waals surface area contributed by atoms with Crippen molar-refractivity contribution in [2.24, 2.45) is 23.2 Å². The molecular formula is C25H33F3N4O3. The number of pyridine rings is 1. The van der Waals surface area contributed by atoms with Crippen molar-refractivity contribution in [2.75, 3.05) is 38.1 Å². The zero-order chi connectivity index (χ0) is 25.1. The van der Waals surface area contributed by atoms with E-state index in [2.05, 4.69) is 9.88 Å². The summed E-state index contributed by atoms with van der Waals surface area (Å²) in [6, 6.07) is 2.24. The fourth-order valence-electron chi connectivity index (χ4n) is 7.57. The topological polar surface area (TPSA) is 77.0 Å². The molecule has 1 aromatic heterocycles. The Morgan fingerprint density at radius 1 is 1.11 bits per heavy atom. The number of carbonyl (C=O) groups excluding carboxylic acids is 1. The van der Waals surface area contributed by atoms with Gasteiger partial charge in [-0.1, -0.05) is 0 Å². The average Bonchev–Trinajstić information content (AvgIpc) is 2.82. The Morgan fingerprint density at radius 2 is 1.74 bits per heavy atom. The highest BCUT2D eigenvalue weighted by molar-refractivity contribution is 5.82. The SMILES string of the molecule is CC(C(=O)N(C)C1[C@@H]2CC3C[C@H]1CC(C(=O)O)(C3)C2)N1CCN(c2ccc(C(F)(F)F)cn2)CC1. The van der Waals surface area contributed by atoms with Crippen molar-refractivity contribution in [3.8, 4) is 0 Å². The Kier molecular flexibility index (Phi) is 6.01. The van der Waals surface area contributed by atoms with E-state index in [1.54, 1.807) is 0 Å². The van der Waals surface area contributed by atoms with Gasteiger partial charge in [0.05, 0.1) is 17.0 Å². The Labute approximate surface area is 203 Å². The number of carboxylic acids is 1. The summed E-state index contributed by atoms with van der Waals surface area (Å²) in [5, 5.41) is 9.88. The number of anilines is 1. The van der Waals surface area contributed by atoms with Gasteiger partial charge in [0.15, 0.2) is 0 Å². The van der Waals surface area contributed by atoms with Crippen LogP contribution in [0.1, 0.15) is 44.6 Å². The lowest BCUT2D eigenvalue weighted by molar-refractivity contribution is -0.175. The van der Waals surface area contributed by atoms with Crippen molar-refractivity contribution >= 4 is 17.7 Å². The molecular weight excluding hydrogens is 461 g/mol. The van der Waals surface area contributed by atoms with Crippen molar-refractivity contribution in [2.45, 2.75) is 57.3 Å². The van der Waals surface area contributed by atoms with Gasteiger partial charge in [-0.2, -0.15) is 13.2 Å². The van der Waals surface area contributed by atoms with Gasteiger partial charge < -0.3 is 14.9 Å². The van der Waals surface area contributed by atoms with Gasteiger partial charge in [0.2, 0.25) is 5.91 Å². The minimum atomic E-state index is -4.41. The van der Waals surface area contributed by atoms with Crippen LogP contribution in [0.15, 0.2) is 18.3 Å². The van der Waals surface area contributed by atoms with Crippen molar-refractivity contribution in [3.05, 3.63) is 23.9 Å². The first kappa shape index (κ1) is 24.3. The molecule has 6 rings (SSSR count). The number of nitrogens with zero attached hydrogens (tertiary/aromatic N) is 4. The quantitative estimate of drug-likeness (QED) is 0.677. The molecule has 6 atom stereocenters. The fraction of sp³-hybridized carbons (Fsp3) is 0.720. The molecule has 192 valence electrons. The van der Waals surface area contributed by atoms with Gasteiger partial charge >= 0.3 is 12.1 Å². The highest BCUT2D eigenvalue weighted by atomic mass is 19.4. The molecule has 0 spiro atoms. The van der Waals surface area contributed by atoms with Crippen molar-refractivity contribution in [1.29, 1.82) is 0 Å². The molecule has 4 unspecified atom stereocenters. The molecule has 5 aliphatic rings. The van der Waals surface area contributed by atoms with E-state index in [1.165, 1.54) is 6.07 Å². The van der Waals surface area contributed by atoms with Gasteiger partial charge in [-0.15, -0.1) is 0 Å². The Bertz CT molecular complexity index is 961. The minimum absolute atomic E-state index is 0.0629. The second-order valence-corrected chi connectivity index (χ2v) is 11.1. The molecule has 1 amide bonds. The molecule has 1 saturated heterocycles. The molecule has 1 N–H and O–H groups in total. The van der Waals surface area contributed by atoms with Gasteiger partial charge in [-0.05, 0) is 68.9 Å². The van der Waals surface area contributed by atoms with Gasteiger partial charge in [0, 0.05) is 45.5 Å². The second-order valence-electron chi connectivity index (χ2n) is 11.1. The summed E-state index contributed by atoms with van der Waals surface area (Å²) in [5.41, 5.74) is -1.35. The number of piperazine rings is 1. The predicted octanol–water partition coefficient (Wildman–Crippen LogP) is 3.35. The highest BCUT2D eigenvalue weighted by Crippen LogP contribution is 2.61. The normalized spacial score (nSPS) is 33.6. The van der Waals surface area contributed by atoms with Gasteiger partial charge in [0.1, 0.15) is 5.82 Å². The summed E-state index contributed by atoms with van der Waals surface area (Å²) < 4.78 is 38.4. The van der Waals surface area contributed by atoms with E-state index < -0.39 is 23.1 Å². The molecule has 7 nitrogen and oxygen atoms in total. The predicted molar refractivity (Wildman–Crippen MR) is 123 cm³/mol. The standard InChI is InChI=1S/C25H33F3N4O3/c1-15(31-5-7-32(8-6-31)20-4-3-19(14-29-20)25(26,27)28)22(33)30(2)21-17-9-16-10-18(21)13-24(11-16,12-17)23(34)35/h3-4,14-18,21H,5-13H2,1-2H3,(H,34,35)/t15?,16?,17-,18+,21?,24?. The largest absolute Gasteiger partial charge is 0.481 e. The van der Waals surface area contributed by atoms with Crippen LogP contribution in [-0.4, -0.2) is 77.1 Å². The fourth-order valence-corrected chi connectivity index (χ4v) is 7.57. The third-order valence-electron chi connectivity index (χ3n) is 9.09. The van der Waals surface area contributed by atoms with Crippen molar-refractivity contribution in [3.63, 3.8) is 0 Å².